The van der Waals surface area contributed by atoms with Crippen LogP contribution in [0.25, 0.3) is 10.9 Å². The second kappa shape index (κ2) is 9.33. The number of pyridine rings is 1. The van der Waals surface area contributed by atoms with Gasteiger partial charge in [0.05, 0.1) is 5.52 Å². The number of hydroxylamine groups is 1. The van der Waals surface area contributed by atoms with Gasteiger partial charge in [-0.05, 0) is 46.3 Å². The van der Waals surface area contributed by atoms with Crippen molar-refractivity contribution >= 4 is 48.3 Å². The highest BCUT2D eigenvalue weighted by atomic mass is 79.9. The molecule has 0 saturated carbocycles. The minimum atomic E-state index is -6.90. The number of nitrogens with zero attached hydrogens (tertiary/aromatic N) is 2. The van der Waals surface area contributed by atoms with Gasteiger partial charge in [-0.15, -0.1) is 0 Å². The monoisotopic (exact) mass is 642 g/mol. The molecule has 0 radical (unpaired) electrons. The molecular formula is C20H9BrF10N2O4S. The van der Waals surface area contributed by atoms with Crippen molar-refractivity contribution in [2.75, 3.05) is 5.06 Å². The predicted molar refractivity (Wildman–Crippen MR) is 113 cm³/mol. The molecule has 0 aliphatic carbocycles. The molecule has 1 amide bonds. The largest absolute Gasteiger partial charge is 0.501 e. The number of aromatic nitrogens is 1. The van der Waals surface area contributed by atoms with Gasteiger partial charge in [0.2, 0.25) is 0 Å². The van der Waals surface area contributed by atoms with Crippen LogP contribution in [0.2, 0.25) is 0 Å². The lowest BCUT2D eigenvalue weighted by Crippen LogP contribution is -2.50. The van der Waals surface area contributed by atoms with E-state index in [1.807, 2.05) is 0 Å². The first kappa shape index (κ1) is 29.6. The summed E-state index contributed by atoms with van der Waals surface area (Å²) < 4.78 is 157. The maximum atomic E-state index is 14.6. The second-order valence-electron chi connectivity index (χ2n) is 7.44. The van der Waals surface area contributed by atoms with E-state index in [0.717, 1.165) is 12.1 Å². The van der Waals surface area contributed by atoms with Crippen molar-refractivity contribution in [3.8, 4) is 0 Å². The van der Waals surface area contributed by atoms with Crippen molar-refractivity contribution in [1.82, 2.24) is 4.98 Å². The standard InChI is InChI=1S/C20H9BrF10N2O4S/c21-12-7-11(17(22,18(23,24)25)19(26,27)28)8-14(38(36,37)20(29,30)31)15(12)33(35)16(34)10-4-3-9-2-1-5-32-13(9)6-10/h1-8,35H. The average Bonchev–Trinajstić information content (AvgIpc) is 2.79. The minimum Gasteiger partial charge on any atom is -0.281 e. The molecule has 0 aliphatic heterocycles. The van der Waals surface area contributed by atoms with Crippen LogP contribution in [0, 0.1) is 0 Å². The zero-order valence-electron chi connectivity index (χ0n) is 17.8. The summed E-state index contributed by atoms with van der Waals surface area (Å²) in [6.45, 7) is 0. The Bertz CT molecular complexity index is 1510. The van der Waals surface area contributed by atoms with E-state index in [1.165, 1.54) is 24.4 Å². The van der Waals surface area contributed by atoms with E-state index in [4.69, 9.17) is 0 Å². The van der Waals surface area contributed by atoms with Gasteiger partial charge in [0.25, 0.3) is 15.7 Å². The van der Waals surface area contributed by atoms with Gasteiger partial charge in [-0.25, -0.2) is 12.8 Å². The van der Waals surface area contributed by atoms with Crippen molar-refractivity contribution in [3.05, 3.63) is 64.3 Å². The molecule has 0 aliphatic rings. The number of alkyl halides is 10. The van der Waals surface area contributed by atoms with Crippen LogP contribution in [-0.2, 0) is 15.5 Å². The fourth-order valence-electron chi connectivity index (χ4n) is 3.22. The Balaban J connectivity index is 2.33. The third kappa shape index (κ3) is 4.79. The molecule has 2 aromatic carbocycles. The first-order valence-electron chi connectivity index (χ1n) is 9.50. The molecule has 38 heavy (non-hydrogen) atoms. The smallest absolute Gasteiger partial charge is 0.281 e. The summed E-state index contributed by atoms with van der Waals surface area (Å²) in [5.41, 5.74) is -17.5. The van der Waals surface area contributed by atoms with Gasteiger partial charge in [-0.2, -0.15) is 44.6 Å². The zero-order valence-corrected chi connectivity index (χ0v) is 20.2. The highest BCUT2D eigenvalue weighted by molar-refractivity contribution is 9.10. The van der Waals surface area contributed by atoms with Crippen molar-refractivity contribution < 1.29 is 62.3 Å². The van der Waals surface area contributed by atoms with Crippen LogP contribution in [0.5, 0.6) is 0 Å². The van der Waals surface area contributed by atoms with E-state index in [0.29, 0.717) is 5.39 Å². The summed E-state index contributed by atoms with van der Waals surface area (Å²) in [6, 6.07) is 5.05. The fourth-order valence-corrected chi connectivity index (χ4v) is 4.96. The number of hydrogen-bond acceptors (Lipinski definition) is 5. The topological polar surface area (TPSA) is 87.6 Å². The number of fused-ring (bicyclic) bond motifs is 1. The summed E-state index contributed by atoms with van der Waals surface area (Å²) in [6.07, 6.45) is -12.4. The molecule has 0 atom stereocenters. The molecule has 1 aromatic heterocycles. The number of carbonyl (C=O) groups is 1. The van der Waals surface area contributed by atoms with Gasteiger partial charge in [0.1, 0.15) is 10.6 Å². The average molecular weight is 643 g/mol. The SMILES string of the molecule is O=C(c1ccc2cccnc2c1)N(O)c1c(Br)cc(C(F)(C(F)(F)F)C(F)(F)F)cc1S(=O)(=O)C(F)(F)F. The molecule has 0 bridgehead atoms. The highest BCUT2D eigenvalue weighted by Gasteiger charge is 2.74. The first-order valence-corrected chi connectivity index (χ1v) is 11.8. The van der Waals surface area contributed by atoms with E-state index in [1.54, 1.807) is 0 Å². The number of hydrogen-bond donors (Lipinski definition) is 1. The van der Waals surface area contributed by atoms with Gasteiger partial charge in [-0.3, -0.25) is 15.0 Å². The van der Waals surface area contributed by atoms with Crippen LogP contribution in [0.1, 0.15) is 15.9 Å². The fraction of sp³-hybridized carbons (Fsp3) is 0.200. The molecular weight excluding hydrogens is 634 g/mol. The summed E-state index contributed by atoms with van der Waals surface area (Å²) in [5, 5.41) is 10.1. The predicted octanol–water partition coefficient (Wildman–Crippen LogP) is 6.62. The molecule has 1 N–H and O–H groups in total. The van der Waals surface area contributed by atoms with Crippen LogP contribution in [0.15, 0.2) is 58.0 Å². The van der Waals surface area contributed by atoms with Gasteiger partial charge < -0.3 is 0 Å². The maximum absolute atomic E-state index is 14.6. The third-order valence-corrected chi connectivity index (χ3v) is 7.16. The van der Waals surface area contributed by atoms with E-state index < -0.39 is 76.6 Å². The number of sulfone groups is 1. The van der Waals surface area contributed by atoms with Crippen molar-refractivity contribution in [2.24, 2.45) is 0 Å². The van der Waals surface area contributed by atoms with E-state index in [-0.39, 0.29) is 11.6 Å². The lowest BCUT2D eigenvalue weighted by Gasteiger charge is -2.31. The summed E-state index contributed by atoms with van der Waals surface area (Å²) in [7, 11) is -6.90. The third-order valence-electron chi connectivity index (χ3n) is 5.06. The summed E-state index contributed by atoms with van der Waals surface area (Å²) in [5.74, 6) is -1.66. The molecule has 0 saturated heterocycles. The summed E-state index contributed by atoms with van der Waals surface area (Å²) >= 11 is 2.27. The van der Waals surface area contributed by atoms with Crippen LogP contribution in [-0.4, -0.2) is 42.4 Å². The summed E-state index contributed by atoms with van der Waals surface area (Å²) in [4.78, 5) is 14.2. The van der Waals surface area contributed by atoms with E-state index >= 15 is 0 Å². The Labute approximate surface area is 213 Å². The lowest BCUT2D eigenvalue weighted by molar-refractivity contribution is -0.348. The van der Waals surface area contributed by atoms with Crippen LogP contribution in [0.3, 0.4) is 0 Å². The molecule has 3 rings (SSSR count). The van der Waals surface area contributed by atoms with E-state index in [2.05, 4.69) is 20.9 Å². The van der Waals surface area contributed by atoms with Crippen LogP contribution < -0.4 is 5.06 Å². The lowest BCUT2D eigenvalue weighted by atomic mass is 9.94. The zero-order chi connectivity index (χ0) is 29.1. The van der Waals surface area contributed by atoms with Crippen LogP contribution in [0.4, 0.5) is 49.6 Å². The Morgan fingerprint density at radius 1 is 0.895 bits per heavy atom. The van der Waals surface area contributed by atoms with Crippen molar-refractivity contribution in [3.63, 3.8) is 0 Å². The maximum Gasteiger partial charge on any atom is 0.501 e. The minimum absolute atomic E-state index is 0.113. The number of carbonyl (C=O) groups excluding carboxylic acids is 1. The highest BCUT2D eigenvalue weighted by Crippen LogP contribution is 2.55. The number of benzene rings is 2. The van der Waals surface area contributed by atoms with Gasteiger partial charge in [-0.1, -0.05) is 12.1 Å². The molecule has 6 nitrogen and oxygen atoms in total. The molecule has 18 heteroatoms. The normalized spacial score (nSPS) is 13.6. The van der Waals surface area contributed by atoms with Crippen molar-refractivity contribution in [1.29, 1.82) is 0 Å². The molecule has 3 aromatic rings. The van der Waals surface area contributed by atoms with Gasteiger partial charge in [0.15, 0.2) is 0 Å². The van der Waals surface area contributed by atoms with Crippen LogP contribution >= 0.6 is 15.9 Å². The number of amides is 1. The first-order chi connectivity index (χ1) is 17.1. The van der Waals surface area contributed by atoms with Gasteiger partial charge in [0, 0.05) is 27.2 Å². The Hall–Kier alpha value is -2.99. The van der Waals surface area contributed by atoms with Gasteiger partial charge >= 0.3 is 23.5 Å². The number of rotatable bonds is 4. The molecule has 206 valence electrons. The van der Waals surface area contributed by atoms with E-state index in [9.17, 15) is 62.3 Å². The second-order valence-corrected chi connectivity index (χ2v) is 10.2. The molecule has 0 spiro atoms. The Kier molecular flexibility index (Phi) is 7.26. The Morgan fingerprint density at radius 2 is 1.47 bits per heavy atom. The number of anilines is 1. The molecule has 1 heterocycles. The van der Waals surface area contributed by atoms with Crippen molar-refractivity contribution in [2.45, 2.75) is 28.4 Å². The molecule has 0 fully saturated rings. The number of halogens is 11. The molecule has 0 unspecified atom stereocenters. The quantitative estimate of drug-likeness (QED) is 0.196. The Morgan fingerprint density at radius 3 is 2.00 bits per heavy atom.